The quantitative estimate of drug-likeness (QED) is 0.403. The van der Waals surface area contributed by atoms with Gasteiger partial charge in [0.15, 0.2) is 11.5 Å². The Morgan fingerprint density at radius 3 is 2.59 bits per heavy atom. The van der Waals surface area contributed by atoms with Gasteiger partial charge in [-0.2, -0.15) is 0 Å². The molecule has 2 rings (SSSR count). The number of rotatable bonds is 10. The standard InChI is InChI=1S/C16H22ClN5O4.ClH/c1-3-24-12-8-10(7-11(17)14(12)25-4-2)9-19-5-6-20-16(23)13-15(18)22-26-21-13;/h7-8,19H,3-6,9H2,1-2H3,(H2,18,22)(H,20,23);1H/p-1. The normalized spacial score (nSPS) is 10.2. The second kappa shape index (κ2) is 11.5. The van der Waals surface area contributed by atoms with Gasteiger partial charge in [0, 0.05) is 19.6 Å². The molecule has 0 radical (unpaired) electrons. The van der Waals surface area contributed by atoms with Crippen LogP contribution in [0.2, 0.25) is 5.02 Å². The predicted octanol–water partition coefficient (Wildman–Crippen LogP) is -1.37. The molecule has 1 aromatic heterocycles. The van der Waals surface area contributed by atoms with Crippen LogP contribution < -0.4 is 38.2 Å². The number of nitrogens with zero attached hydrogens (tertiary/aromatic N) is 2. The number of halogens is 2. The van der Waals surface area contributed by atoms with Gasteiger partial charge in [-0.25, -0.2) is 4.63 Å². The number of ether oxygens (including phenoxy) is 2. The minimum absolute atomic E-state index is 0. The first-order chi connectivity index (χ1) is 12.6. The molecule has 27 heavy (non-hydrogen) atoms. The lowest BCUT2D eigenvalue weighted by Crippen LogP contribution is -3.00. The Bertz CT molecular complexity index is 742. The van der Waals surface area contributed by atoms with Crippen molar-refractivity contribution < 1.29 is 31.3 Å². The zero-order chi connectivity index (χ0) is 18.9. The summed E-state index contributed by atoms with van der Waals surface area (Å²) in [5, 5.41) is 13.2. The van der Waals surface area contributed by atoms with Crippen molar-refractivity contribution in [2.24, 2.45) is 0 Å². The predicted molar refractivity (Wildman–Crippen MR) is 96.5 cm³/mol. The topological polar surface area (TPSA) is 125 Å². The highest BCUT2D eigenvalue weighted by Gasteiger charge is 2.15. The number of anilines is 1. The molecule has 150 valence electrons. The highest BCUT2D eigenvalue weighted by molar-refractivity contribution is 6.32. The van der Waals surface area contributed by atoms with E-state index in [-0.39, 0.29) is 23.9 Å². The molecule has 2 aromatic rings. The molecule has 0 atom stereocenters. The summed E-state index contributed by atoms with van der Waals surface area (Å²) in [6.07, 6.45) is 0. The van der Waals surface area contributed by atoms with Crippen molar-refractivity contribution in [3.05, 3.63) is 28.4 Å². The van der Waals surface area contributed by atoms with Gasteiger partial charge in [0.05, 0.1) is 18.2 Å². The van der Waals surface area contributed by atoms with Gasteiger partial charge in [0.25, 0.3) is 5.91 Å². The number of amides is 1. The lowest BCUT2D eigenvalue weighted by Gasteiger charge is -2.14. The van der Waals surface area contributed by atoms with Crippen molar-refractivity contribution >= 4 is 23.3 Å². The minimum atomic E-state index is -0.437. The van der Waals surface area contributed by atoms with Crippen LogP contribution in [0.3, 0.4) is 0 Å². The summed E-state index contributed by atoms with van der Waals surface area (Å²) in [6, 6.07) is 3.70. The molecule has 0 fully saturated rings. The van der Waals surface area contributed by atoms with Crippen molar-refractivity contribution in [3.8, 4) is 11.5 Å². The molecule has 4 N–H and O–H groups in total. The molecule has 9 nitrogen and oxygen atoms in total. The number of hydrogen-bond acceptors (Lipinski definition) is 8. The van der Waals surface area contributed by atoms with E-state index in [9.17, 15) is 4.79 Å². The lowest BCUT2D eigenvalue weighted by atomic mass is 10.2. The first-order valence-corrected chi connectivity index (χ1v) is 8.59. The highest BCUT2D eigenvalue weighted by atomic mass is 35.5. The van der Waals surface area contributed by atoms with Crippen LogP contribution in [0.4, 0.5) is 5.82 Å². The van der Waals surface area contributed by atoms with Crippen LogP contribution in [-0.2, 0) is 6.54 Å². The average Bonchev–Trinajstić information content (AvgIpc) is 3.04. The molecule has 0 spiro atoms. The van der Waals surface area contributed by atoms with Gasteiger partial charge in [-0.3, -0.25) is 4.79 Å². The van der Waals surface area contributed by atoms with Crippen LogP contribution >= 0.6 is 11.6 Å². The fourth-order valence-corrected chi connectivity index (χ4v) is 2.49. The number of aromatic nitrogens is 2. The van der Waals surface area contributed by atoms with Gasteiger partial charge in [0.2, 0.25) is 11.5 Å². The number of nitrogen functional groups attached to an aromatic ring is 1. The van der Waals surface area contributed by atoms with E-state index in [0.29, 0.717) is 49.4 Å². The Balaban J connectivity index is 0.00000364. The van der Waals surface area contributed by atoms with Crippen molar-refractivity contribution in [1.82, 2.24) is 20.9 Å². The number of nitrogens with one attached hydrogen (secondary N) is 2. The monoisotopic (exact) mass is 418 g/mol. The number of carbonyl (C=O) groups is 1. The fraction of sp³-hybridized carbons (Fsp3) is 0.438. The van der Waals surface area contributed by atoms with Gasteiger partial charge in [-0.1, -0.05) is 11.6 Å². The first kappa shape index (κ1) is 22.8. The maximum absolute atomic E-state index is 11.8. The van der Waals surface area contributed by atoms with E-state index in [2.05, 4.69) is 25.6 Å². The van der Waals surface area contributed by atoms with E-state index in [1.807, 2.05) is 26.0 Å². The number of benzene rings is 1. The van der Waals surface area contributed by atoms with E-state index in [1.54, 1.807) is 0 Å². The van der Waals surface area contributed by atoms with Gasteiger partial charge in [0.1, 0.15) is 0 Å². The third-order valence-corrected chi connectivity index (χ3v) is 3.58. The second-order valence-electron chi connectivity index (χ2n) is 5.20. The van der Waals surface area contributed by atoms with Gasteiger partial charge >= 0.3 is 0 Å². The maximum Gasteiger partial charge on any atom is 0.277 e. The summed E-state index contributed by atoms with van der Waals surface area (Å²) >= 11 is 6.28. The van der Waals surface area contributed by atoms with Crippen LogP contribution in [-0.4, -0.2) is 42.5 Å². The maximum atomic E-state index is 11.8. The minimum Gasteiger partial charge on any atom is -1.00 e. The molecule has 0 bridgehead atoms. The van der Waals surface area contributed by atoms with Crippen LogP contribution in [0, 0.1) is 0 Å². The van der Waals surface area contributed by atoms with E-state index >= 15 is 0 Å². The molecule has 1 aromatic carbocycles. The molecule has 0 saturated heterocycles. The Morgan fingerprint density at radius 2 is 1.96 bits per heavy atom. The van der Waals surface area contributed by atoms with Crippen LogP contribution in [0.5, 0.6) is 11.5 Å². The number of hydrogen-bond donors (Lipinski definition) is 3. The summed E-state index contributed by atoms with van der Waals surface area (Å²) < 4.78 is 15.5. The summed E-state index contributed by atoms with van der Waals surface area (Å²) in [6.45, 7) is 6.27. The van der Waals surface area contributed by atoms with Gasteiger partial charge in [-0.15, -0.1) is 0 Å². The first-order valence-electron chi connectivity index (χ1n) is 8.21. The Morgan fingerprint density at radius 1 is 1.22 bits per heavy atom. The van der Waals surface area contributed by atoms with E-state index < -0.39 is 5.91 Å². The van der Waals surface area contributed by atoms with Gasteiger partial charge in [-0.05, 0) is 41.9 Å². The third-order valence-electron chi connectivity index (χ3n) is 3.30. The molecule has 0 aliphatic carbocycles. The molecule has 0 unspecified atom stereocenters. The number of nitrogens with two attached hydrogens (primary N) is 1. The average molecular weight is 419 g/mol. The largest absolute Gasteiger partial charge is 1.00 e. The number of carbonyl (C=O) groups excluding carboxylic acids is 1. The Kier molecular flexibility index (Phi) is 9.70. The highest BCUT2D eigenvalue weighted by Crippen LogP contribution is 2.36. The zero-order valence-corrected chi connectivity index (χ0v) is 16.6. The summed E-state index contributed by atoms with van der Waals surface area (Å²) in [4.78, 5) is 11.8. The molecule has 1 heterocycles. The molecular weight excluding hydrogens is 397 g/mol. The molecule has 0 aliphatic heterocycles. The van der Waals surface area contributed by atoms with Crippen molar-refractivity contribution in [2.75, 3.05) is 32.0 Å². The van der Waals surface area contributed by atoms with Crippen LogP contribution in [0.1, 0.15) is 29.9 Å². The molecule has 0 saturated carbocycles. The van der Waals surface area contributed by atoms with E-state index in [4.69, 9.17) is 26.8 Å². The fourth-order valence-electron chi connectivity index (χ4n) is 2.20. The van der Waals surface area contributed by atoms with Gasteiger partial charge < -0.3 is 38.2 Å². The van der Waals surface area contributed by atoms with E-state index in [0.717, 1.165) is 5.56 Å². The Hall–Kier alpha value is -2.23. The molecular formula is C16H22Cl2N5O4-. The molecule has 11 heteroatoms. The summed E-state index contributed by atoms with van der Waals surface area (Å²) in [5.74, 6) is 0.683. The van der Waals surface area contributed by atoms with Crippen molar-refractivity contribution in [3.63, 3.8) is 0 Å². The summed E-state index contributed by atoms with van der Waals surface area (Å²) in [5.41, 5.74) is 6.38. The smallest absolute Gasteiger partial charge is 0.277 e. The van der Waals surface area contributed by atoms with Crippen molar-refractivity contribution in [1.29, 1.82) is 0 Å². The van der Waals surface area contributed by atoms with Crippen molar-refractivity contribution in [2.45, 2.75) is 20.4 Å². The van der Waals surface area contributed by atoms with Crippen LogP contribution in [0.15, 0.2) is 16.8 Å². The molecule has 1 amide bonds. The lowest BCUT2D eigenvalue weighted by molar-refractivity contribution is -0.0000152. The summed E-state index contributed by atoms with van der Waals surface area (Å²) in [7, 11) is 0. The Labute approximate surface area is 168 Å². The third kappa shape index (κ3) is 6.46. The van der Waals surface area contributed by atoms with Crippen LogP contribution in [0.25, 0.3) is 0 Å². The van der Waals surface area contributed by atoms with E-state index in [1.165, 1.54) is 0 Å². The zero-order valence-electron chi connectivity index (χ0n) is 15.1. The second-order valence-corrected chi connectivity index (χ2v) is 5.61. The molecule has 0 aliphatic rings. The SMILES string of the molecule is CCOc1cc(CNCCNC(=O)c2nonc2N)cc(Cl)c1OCC.[Cl-].